The second-order valence-corrected chi connectivity index (χ2v) is 2.84. The summed E-state index contributed by atoms with van der Waals surface area (Å²) < 4.78 is 4.80. The van der Waals surface area contributed by atoms with Crippen LogP contribution in [0.3, 0.4) is 0 Å². The quantitative estimate of drug-likeness (QED) is 0.544. The molecule has 13 heavy (non-hydrogen) atoms. The third kappa shape index (κ3) is 1.62. The van der Waals surface area contributed by atoms with Gasteiger partial charge in [0.1, 0.15) is 0 Å². The Bertz CT molecular complexity index is 322. The standard InChI is InChI=1S/C7H10N4O2/c8-7(12)13-6-1-4-5(2-9-6)11-3-10-4/h3,6,9H,1-2H2,(H2,8,12)(H,10,11). The third-order valence-corrected chi connectivity index (χ3v) is 1.95. The van der Waals surface area contributed by atoms with Gasteiger partial charge in [0, 0.05) is 18.7 Å². The summed E-state index contributed by atoms with van der Waals surface area (Å²) in [7, 11) is 0. The molecule has 0 saturated carbocycles. The molecule has 0 aromatic carbocycles. The third-order valence-electron chi connectivity index (χ3n) is 1.95. The average Bonchev–Trinajstić information content (AvgIpc) is 2.49. The number of carbonyl (C=O) groups is 1. The lowest BCUT2D eigenvalue weighted by atomic mass is 10.1. The molecule has 1 aromatic rings. The Morgan fingerprint density at radius 3 is 3.38 bits per heavy atom. The highest BCUT2D eigenvalue weighted by atomic mass is 16.6. The van der Waals surface area contributed by atoms with E-state index in [2.05, 4.69) is 15.3 Å². The minimum Gasteiger partial charge on any atom is -0.430 e. The zero-order chi connectivity index (χ0) is 9.26. The van der Waals surface area contributed by atoms with Gasteiger partial charge in [-0.05, 0) is 0 Å². The summed E-state index contributed by atoms with van der Waals surface area (Å²) in [5.41, 5.74) is 6.84. The number of imidazole rings is 1. The summed E-state index contributed by atoms with van der Waals surface area (Å²) in [6.45, 7) is 0.594. The van der Waals surface area contributed by atoms with Gasteiger partial charge in [-0.2, -0.15) is 0 Å². The summed E-state index contributed by atoms with van der Waals surface area (Å²) in [6.07, 6.45) is 1.10. The predicted molar refractivity (Wildman–Crippen MR) is 43.6 cm³/mol. The molecule has 0 bridgehead atoms. The average molecular weight is 182 g/mol. The number of ether oxygens (including phenoxy) is 1. The number of amides is 1. The van der Waals surface area contributed by atoms with Gasteiger partial charge >= 0.3 is 6.09 Å². The molecule has 6 heteroatoms. The first kappa shape index (κ1) is 8.06. The molecule has 1 aliphatic heterocycles. The molecule has 2 rings (SSSR count). The normalized spacial score (nSPS) is 20.8. The molecule has 0 aliphatic carbocycles. The van der Waals surface area contributed by atoms with Crippen molar-refractivity contribution in [3.8, 4) is 0 Å². The van der Waals surface area contributed by atoms with Crippen molar-refractivity contribution in [2.45, 2.75) is 19.2 Å². The molecule has 1 unspecified atom stereocenters. The van der Waals surface area contributed by atoms with Crippen molar-refractivity contribution >= 4 is 6.09 Å². The van der Waals surface area contributed by atoms with E-state index in [1.807, 2.05) is 0 Å². The number of hydrogen-bond acceptors (Lipinski definition) is 4. The topological polar surface area (TPSA) is 93.0 Å². The Balaban J connectivity index is 2.04. The van der Waals surface area contributed by atoms with E-state index < -0.39 is 6.09 Å². The van der Waals surface area contributed by atoms with Crippen LogP contribution in [0.5, 0.6) is 0 Å². The largest absolute Gasteiger partial charge is 0.430 e. The lowest BCUT2D eigenvalue weighted by Crippen LogP contribution is -2.40. The Morgan fingerprint density at radius 2 is 2.62 bits per heavy atom. The number of nitrogens with zero attached hydrogens (tertiary/aromatic N) is 1. The number of nitrogens with one attached hydrogen (secondary N) is 2. The Kier molecular flexibility index (Phi) is 1.90. The van der Waals surface area contributed by atoms with Gasteiger partial charge in [-0.25, -0.2) is 9.78 Å². The van der Waals surface area contributed by atoms with Crippen LogP contribution in [0.1, 0.15) is 11.4 Å². The van der Waals surface area contributed by atoms with E-state index in [-0.39, 0.29) is 6.23 Å². The van der Waals surface area contributed by atoms with Gasteiger partial charge in [0.25, 0.3) is 0 Å². The second-order valence-electron chi connectivity index (χ2n) is 2.84. The van der Waals surface area contributed by atoms with Gasteiger partial charge in [0.05, 0.1) is 12.0 Å². The van der Waals surface area contributed by atoms with Crippen molar-refractivity contribution in [1.82, 2.24) is 15.3 Å². The summed E-state index contributed by atoms with van der Waals surface area (Å²) >= 11 is 0. The Hall–Kier alpha value is -1.56. The molecule has 0 saturated heterocycles. The van der Waals surface area contributed by atoms with Crippen LogP contribution in [0.15, 0.2) is 6.33 Å². The Morgan fingerprint density at radius 1 is 1.77 bits per heavy atom. The highest BCUT2D eigenvalue weighted by molar-refractivity contribution is 5.64. The van der Waals surface area contributed by atoms with E-state index in [1.165, 1.54) is 0 Å². The highest BCUT2D eigenvalue weighted by Crippen LogP contribution is 2.12. The molecule has 0 fully saturated rings. The Labute approximate surface area is 74.5 Å². The molecule has 1 amide bonds. The van der Waals surface area contributed by atoms with Crippen LogP contribution in [0.2, 0.25) is 0 Å². The maximum absolute atomic E-state index is 10.5. The highest BCUT2D eigenvalue weighted by Gasteiger charge is 2.21. The first-order valence-corrected chi connectivity index (χ1v) is 3.96. The van der Waals surface area contributed by atoms with E-state index in [0.29, 0.717) is 13.0 Å². The summed E-state index contributed by atoms with van der Waals surface area (Å²) in [6, 6.07) is 0. The molecule has 6 nitrogen and oxygen atoms in total. The van der Waals surface area contributed by atoms with Gasteiger partial charge in [0.15, 0.2) is 6.23 Å². The van der Waals surface area contributed by atoms with Crippen molar-refractivity contribution in [1.29, 1.82) is 0 Å². The molecule has 0 radical (unpaired) electrons. The van der Waals surface area contributed by atoms with Crippen molar-refractivity contribution < 1.29 is 9.53 Å². The fourth-order valence-electron chi connectivity index (χ4n) is 1.37. The van der Waals surface area contributed by atoms with Crippen molar-refractivity contribution in [2.24, 2.45) is 5.73 Å². The summed E-state index contributed by atoms with van der Waals surface area (Å²) in [4.78, 5) is 17.5. The fourth-order valence-corrected chi connectivity index (χ4v) is 1.37. The van der Waals surface area contributed by atoms with Crippen LogP contribution < -0.4 is 11.1 Å². The number of fused-ring (bicyclic) bond motifs is 1. The molecule has 70 valence electrons. The van der Waals surface area contributed by atoms with Gasteiger partial charge < -0.3 is 15.5 Å². The first-order chi connectivity index (χ1) is 6.25. The SMILES string of the molecule is NC(=O)OC1Cc2[nH]cnc2CN1. The number of nitrogens with two attached hydrogens (primary N) is 1. The molecule has 1 aromatic heterocycles. The number of aromatic amines is 1. The lowest BCUT2D eigenvalue weighted by molar-refractivity contribution is 0.0794. The fraction of sp³-hybridized carbons (Fsp3) is 0.429. The van der Waals surface area contributed by atoms with Crippen LogP contribution in [-0.2, 0) is 17.7 Å². The van der Waals surface area contributed by atoms with Crippen LogP contribution in [-0.4, -0.2) is 22.3 Å². The smallest absolute Gasteiger partial charge is 0.406 e. The minimum absolute atomic E-state index is 0.342. The summed E-state index contributed by atoms with van der Waals surface area (Å²) in [5.74, 6) is 0. The van der Waals surface area contributed by atoms with Crippen LogP contribution >= 0.6 is 0 Å². The van der Waals surface area contributed by atoms with Crippen molar-refractivity contribution in [3.05, 3.63) is 17.7 Å². The molecule has 1 aliphatic rings. The number of carbonyl (C=O) groups excluding carboxylic acids is 1. The van der Waals surface area contributed by atoms with E-state index in [9.17, 15) is 4.79 Å². The molecular weight excluding hydrogens is 172 g/mol. The van der Waals surface area contributed by atoms with Gasteiger partial charge in [-0.3, -0.25) is 5.32 Å². The second kappa shape index (κ2) is 3.06. The van der Waals surface area contributed by atoms with E-state index in [1.54, 1.807) is 6.33 Å². The number of primary amides is 1. The molecular formula is C7H10N4O2. The van der Waals surface area contributed by atoms with Crippen molar-refractivity contribution in [2.75, 3.05) is 0 Å². The van der Waals surface area contributed by atoms with Crippen LogP contribution in [0.25, 0.3) is 0 Å². The maximum Gasteiger partial charge on any atom is 0.406 e. The van der Waals surface area contributed by atoms with Crippen LogP contribution in [0, 0.1) is 0 Å². The summed E-state index contributed by atoms with van der Waals surface area (Å²) in [5, 5.41) is 2.99. The lowest BCUT2D eigenvalue weighted by Gasteiger charge is -2.21. The van der Waals surface area contributed by atoms with Gasteiger partial charge in [-0.1, -0.05) is 0 Å². The zero-order valence-corrected chi connectivity index (χ0v) is 6.91. The monoisotopic (exact) mass is 182 g/mol. The maximum atomic E-state index is 10.5. The number of rotatable bonds is 1. The van der Waals surface area contributed by atoms with Gasteiger partial charge in [-0.15, -0.1) is 0 Å². The zero-order valence-electron chi connectivity index (χ0n) is 6.91. The van der Waals surface area contributed by atoms with E-state index in [0.717, 1.165) is 11.4 Å². The first-order valence-electron chi connectivity index (χ1n) is 3.96. The van der Waals surface area contributed by atoms with Crippen molar-refractivity contribution in [3.63, 3.8) is 0 Å². The molecule has 0 spiro atoms. The van der Waals surface area contributed by atoms with Gasteiger partial charge in [0.2, 0.25) is 0 Å². The number of H-pyrrole nitrogens is 1. The van der Waals surface area contributed by atoms with E-state index in [4.69, 9.17) is 10.5 Å². The van der Waals surface area contributed by atoms with E-state index >= 15 is 0 Å². The van der Waals surface area contributed by atoms with Crippen LogP contribution in [0.4, 0.5) is 4.79 Å². The molecule has 1 atom stereocenters. The molecule has 2 heterocycles. The minimum atomic E-state index is -0.763. The number of aromatic nitrogens is 2. The predicted octanol–water partition coefficient (Wildman–Crippen LogP) is -0.523. The molecule has 4 N–H and O–H groups in total. The number of hydrogen-bond donors (Lipinski definition) is 3.